The molecule has 0 fully saturated rings. The monoisotopic (exact) mass is 311 g/mol. The number of hydrogen-bond acceptors (Lipinski definition) is 3. The van der Waals surface area contributed by atoms with Gasteiger partial charge >= 0.3 is 6.36 Å². The van der Waals surface area contributed by atoms with Crippen LogP contribution in [0.4, 0.5) is 13.2 Å². The second kappa shape index (κ2) is 6.69. The van der Waals surface area contributed by atoms with Crippen LogP contribution in [-0.2, 0) is 11.3 Å². The third-order valence-electron chi connectivity index (χ3n) is 2.34. The Kier molecular flexibility index (Phi) is 5.50. The maximum absolute atomic E-state index is 12.3. The number of alkyl halides is 4. The summed E-state index contributed by atoms with van der Waals surface area (Å²) in [6.45, 7) is 1.26. The van der Waals surface area contributed by atoms with Gasteiger partial charge in [-0.3, -0.25) is 4.79 Å². The molecule has 112 valence electrons. The fraction of sp³-hybridized carbons (Fsp3) is 0.417. The van der Waals surface area contributed by atoms with Gasteiger partial charge in [-0.15, -0.1) is 24.8 Å². The van der Waals surface area contributed by atoms with Crippen molar-refractivity contribution in [2.24, 2.45) is 0 Å². The molecule has 0 heterocycles. The third-order valence-corrected chi connectivity index (χ3v) is 2.53. The first-order valence-corrected chi connectivity index (χ1v) is 6.01. The van der Waals surface area contributed by atoms with Crippen molar-refractivity contribution in [2.45, 2.75) is 25.2 Å². The zero-order valence-electron chi connectivity index (χ0n) is 10.8. The van der Waals surface area contributed by atoms with Crippen LogP contribution in [0, 0.1) is 0 Å². The van der Waals surface area contributed by atoms with Crippen LogP contribution in [0.3, 0.4) is 0 Å². The number of nitrogens with one attached hydrogen (secondary N) is 1. The zero-order valence-corrected chi connectivity index (χ0v) is 11.5. The van der Waals surface area contributed by atoms with E-state index in [0.29, 0.717) is 0 Å². The number of methoxy groups -OCH3 is 1. The fourth-order valence-electron chi connectivity index (χ4n) is 1.45. The normalized spacial score (nSPS) is 12.7. The van der Waals surface area contributed by atoms with Gasteiger partial charge in [0.2, 0.25) is 5.91 Å². The van der Waals surface area contributed by atoms with Crippen LogP contribution in [0.2, 0.25) is 0 Å². The van der Waals surface area contributed by atoms with Gasteiger partial charge in [0, 0.05) is 0 Å². The lowest BCUT2D eigenvalue weighted by Crippen LogP contribution is -2.29. The fourth-order valence-corrected chi connectivity index (χ4v) is 1.52. The number of ether oxygens (including phenoxy) is 2. The molecule has 0 aliphatic heterocycles. The molecule has 1 aromatic carbocycles. The molecule has 4 nitrogen and oxygen atoms in total. The highest BCUT2D eigenvalue weighted by Gasteiger charge is 2.32. The average molecular weight is 312 g/mol. The molecule has 0 saturated heterocycles. The van der Waals surface area contributed by atoms with Gasteiger partial charge in [-0.25, -0.2) is 0 Å². The molecule has 1 N–H and O–H groups in total. The van der Waals surface area contributed by atoms with Crippen molar-refractivity contribution in [3.05, 3.63) is 23.8 Å². The summed E-state index contributed by atoms with van der Waals surface area (Å²) >= 11 is 5.56. The molecule has 1 amide bonds. The minimum absolute atomic E-state index is 0.0815. The summed E-state index contributed by atoms with van der Waals surface area (Å²) in [7, 11) is 1.31. The molecule has 1 atom stereocenters. The van der Waals surface area contributed by atoms with Crippen LogP contribution < -0.4 is 14.8 Å². The van der Waals surface area contributed by atoms with Crippen LogP contribution in [0.15, 0.2) is 18.2 Å². The Morgan fingerprint density at radius 2 is 2.00 bits per heavy atom. The molecule has 8 heteroatoms. The van der Waals surface area contributed by atoms with Gasteiger partial charge in [-0.05, 0) is 19.1 Å². The Morgan fingerprint density at radius 1 is 1.40 bits per heavy atom. The largest absolute Gasteiger partial charge is 0.573 e. The zero-order chi connectivity index (χ0) is 15.3. The number of carbonyl (C=O) groups is 1. The van der Waals surface area contributed by atoms with Crippen molar-refractivity contribution >= 4 is 17.5 Å². The number of benzene rings is 1. The molecular weight excluding hydrogens is 299 g/mol. The van der Waals surface area contributed by atoms with Gasteiger partial charge < -0.3 is 14.8 Å². The molecule has 1 rings (SSSR count). The van der Waals surface area contributed by atoms with E-state index in [-0.39, 0.29) is 17.9 Å². The lowest BCUT2D eigenvalue weighted by atomic mass is 10.1. The van der Waals surface area contributed by atoms with Crippen molar-refractivity contribution < 1.29 is 27.4 Å². The van der Waals surface area contributed by atoms with Gasteiger partial charge in [0.25, 0.3) is 0 Å². The molecule has 20 heavy (non-hydrogen) atoms. The predicted octanol–water partition coefficient (Wildman–Crippen LogP) is 2.84. The van der Waals surface area contributed by atoms with E-state index in [1.54, 1.807) is 0 Å². The Hall–Kier alpha value is -1.63. The Bertz CT molecular complexity index is 478. The summed E-state index contributed by atoms with van der Waals surface area (Å²) in [6.07, 6.45) is -4.83. The SMILES string of the molecule is COc1cccc(OC(F)(F)F)c1CNC(=O)C(C)Cl. The lowest BCUT2D eigenvalue weighted by Gasteiger charge is -2.16. The number of amides is 1. The van der Waals surface area contributed by atoms with Crippen LogP contribution >= 0.6 is 11.6 Å². The average Bonchev–Trinajstić information content (AvgIpc) is 2.34. The van der Waals surface area contributed by atoms with E-state index in [2.05, 4.69) is 10.1 Å². The maximum Gasteiger partial charge on any atom is 0.573 e. The van der Waals surface area contributed by atoms with Crippen molar-refractivity contribution in [1.29, 1.82) is 0 Å². The van der Waals surface area contributed by atoms with E-state index in [4.69, 9.17) is 16.3 Å². The van der Waals surface area contributed by atoms with Crippen LogP contribution in [0.25, 0.3) is 0 Å². The summed E-state index contributed by atoms with van der Waals surface area (Å²) in [4.78, 5) is 11.4. The molecule has 0 aromatic heterocycles. The second-order valence-corrected chi connectivity index (χ2v) is 4.47. The Labute approximate surface area is 118 Å². The Morgan fingerprint density at radius 3 is 2.50 bits per heavy atom. The van der Waals surface area contributed by atoms with Crippen LogP contribution in [-0.4, -0.2) is 24.8 Å². The van der Waals surface area contributed by atoms with E-state index in [1.807, 2.05) is 0 Å². The first-order valence-electron chi connectivity index (χ1n) is 5.58. The van der Waals surface area contributed by atoms with E-state index < -0.39 is 23.4 Å². The van der Waals surface area contributed by atoms with E-state index in [9.17, 15) is 18.0 Å². The van der Waals surface area contributed by atoms with Crippen molar-refractivity contribution in [3.63, 3.8) is 0 Å². The highest BCUT2D eigenvalue weighted by Crippen LogP contribution is 2.32. The first kappa shape index (κ1) is 16.4. The molecule has 1 unspecified atom stereocenters. The molecule has 0 bridgehead atoms. The van der Waals surface area contributed by atoms with Crippen LogP contribution in [0.5, 0.6) is 11.5 Å². The molecule has 0 saturated carbocycles. The van der Waals surface area contributed by atoms with Gasteiger partial charge in [-0.1, -0.05) is 6.07 Å². The smallest absolute Gasteiger partial charge is 0.496 e. The predicted molar refractivity (Wildman–Crippen MR) is 66.8 cm³/mol. The number of hydrogen-bond donors (Lipinski definition) is 1. The minimum atomic E-state index is -4.83. The quantitative estimate of drug-likeness (QED) is 0.851. The standard InChI is InChI=1S/C12H13ClF3NO3/c1-7(13)11(18)17-6-8-9(19-2)4-3-5-10(8)20-12(14,15)16/h3-5,7H,6H2,1-2H3,(H,17,18). The number of halogens is 4. The first-order chi connectivity index (χ1) is 9.24. The van der Waals surface area contributed by atoms with Crippen molar-refractivity contribution in [1.82, 2.24) is 5.32 Å². The molecule has 1 aromatic rings. The summed E-state index contributed by atoms with van der Waals surface area (Å²) in [5.74, 6) is -0.760. The van der Waals surface area contributed by atoms with Gasteiger partial charge in [0.1, 0.15) is 16.9 Å². The Balaban J connectivity index is 2.98. The van der Waals surface area contributed by atoms with E-state index in [0.717, 1.165) is 6.07 Å². The van der Waals surface area contributed by atoms with Gasteiger partial charge in [0.05, 0.1) is 19.2 Å². The van der Waals surface area contributed by atoms with Crippen molar-refractivity contribution in [3.8, 4) is 11.5 Å². The van der Waals surface area contributed by atoms with E-state index >= 15 is 0 Å². The lowest BCUT2D eigenvalue weighted by molar-refractivity contribution is -0.274. The third kappa shape index (κ3) is 4.80. The van der Waals surface area contributed by atoms with Gasteiger partial charge in [-0.2, -0.15) is 0 Å². The molecular formula is C12H13ClF3NO3. The van der Waals surface area contributed by atoms with E-state index in [1.165, 1.54) is 26.2 Å². The maximum atomic E-state index is 12.3. The van der Waals surface area contributed by atoms with Gasteiger partial charge in [0.15, 0.2) is 0 Å². The molecule has 0 spiro atoms. The topological polar surface area (TPSA) is 47.6 Å². The summed E-state index contributed by atoms with van der Waals surface area (Å²) in [6, 6.07) is 3.96. The minimum Gasteiger partial charge on any atom is -0.496 e. The van der Waals surface area contributed by atoms with Crippen LogP contribution in [0.1, 0.15) is 12.5 Å². The molecule has 0 aliphatic carbocycles. The number of rotatable bonds is 5. The number of carbonyl (C=O) groups excluding carboxylic acids is 1. The molecule has 0 aliphatic rings. The highest BCUT2D eigenvalue weighted by atomic mass is 35.5. The summed E-state index contributed by atoms with van der Waals surface area (Å²) in [5, 5.41) is 1.61. The van der Waals surface area contributed by atoms with Crippen molar-refractivity contribution in [2.75, 3.05) is 7.11 Å². The summed E-state index contributed by atoms with van der Waals surface area (Å²) in [5.41, 5.74) is 0.0815. The molecule has 0 radical (unpaired) electrons. The highest BCUT2D eigenvalue weighted by molar-refractivity contribution is 6.30. The second-order valence-electron chi connectivity index (χ2n) is 3.82. The summed E-state index contributed by atoms with van der Waals surface area (Å²) < 4.78 is 45.8.